The van der Waals surface area contributed by atoms with Crippen LogP contribution >= 0.6 is 11.8 Å². The molecule has 0 unspecified atom stereocenters. The standard InChI is InChI=1S/C24H20N2O5S/c1-15(27)25-16-9-11-17(12-10-16)26-23(28)21(19-7-3-4-8-20(19)30-2)22(24(26)29)32-14-18-6-5-13-31-18/h3-13H,14H2,1-2H3,(H,25,27). The summed E-state index contributed by atoms with van der Waals surface area (Å²) in [6.07, 6.45) is 1.57. The van der Waals surface area contributed by atoms with Gasteiger partial charge in [-0.25, -0.2) is 4.90 Å². The normalized spacial score (nSPS) is 13.6. The van der Waals surface area contributed by atoms with Crippen molar-refractivity contribution in [2.45, 2.75) is 12.7 Å². The van der Waals surface area contributed by atoms with Gasteiger partial charge in [0.25, 0.3) is 11.8 Å². The first-order chi connectivity index (χ1) is 15.5. The largest absolute Gasteiger partial charge is 0.496 e. The number of rotatable bonds is 7. The average molecular weight is 449 g/mol. The lowest BCUT2D eigenvalue weighted by atomic mass is 10.0. The first-order valence-corrected chi connectivity index (χ1v) is 10.8. The van der Waals surface area contributed by atoms with Crippen LogP contribution in [0.5, 0.6) is 5.75 Å². The van der Waals surface area contributed by atoms with Crippen molar-refractivity contribution in [2.75, 3.05) is 17.3 Å². The monoisotopic (exact) mass is 448 g/mol. The summed E-state index contributed by atoms with van der Waals surface area (Å²) in [4.78, 5) is 39.6. The van der Waals surface area contributed by atoms with Crippen LogP contribution in [-0.2, 0) is 20.1 Å². The Hall–Kier alpha value is -3.78. The Morgan fingerprint density at radius 1 is 1.03 bits per heavy atom. The summed E-state index contributed by atoms with van der Waals surface area (Å²) in [6.45, 7) is 1.41. The molecular formula is C24H20N2O5S. The molecule has 7 nitrogen and oxygen atoms in total. The van der Waals surface area contributed by atoms with Crippen molar-refractivity contribution in [3.63, 3.8) is 0 Å². The lowest BCUT2D eigenvalue weighted by molar-refractivity contribution is -0.120. The molecular weight excluding hydrogens is 428 g/mol. The molecule has 0 spiro atoms. The van der Waals surface area contributed by atoms with Crippen LogP contribution < -0.4 is 15.0 Å². The number of nitrogens with one attached hydrogen (secondary N) is 1. The number of carbonyl (C=O) groups is 3. The zero-order valence-electron chi connectivity index (χ0n) is 17.5. The lowest BCUT2D eigenvalue weighted by Gasteiger charge is -2.16. The fourth-order valence-electron chi connectivity index (χ4n) is 3.40. The van der Waals surface area contributed by atoms with Gasteiger partial charge in [0.2, 0.25) is 5.91 Å². The van der Waals surface area contributed by atoms with E-state index in [0.29, 0.717) is 39.1 Å². The van der Waals surface area contributed by atoms with Gasteiger partial charge in [-0.3, -0.25) is 14.4 Å². The van der Waals surface area contributed by atoms with Crippen LogP contribution in [0.1, 0.15) is 18.2 Å². The molecule has 4 rings (SSSR count). The molecule has 0 saturated carbocycles. The van der Waals surface area contributed by atoms with E-state index in [2.05, 4.69) is 5.32 Å². The number of hydrogen-bond donors (Lipinski definition) is 1. The van der Waals surface area contributed by atoms with Crippen LogP contribution in [0.3, 0.4) is 0 Å². The van der Waals surface area contributed by atoms with E-state index >= 15 is 0 Å². The number of imide groups is 1. The molecule has 1 aliphatic rings. The predicted octanol–water partition coefficient (Wildman–Crippen LogP) is 4.46. The predicted molar refractivity (Wildman–Crippen MR) is 123 cm³/mol. The first-order valence-electron chi connectivity index (χ1n) is 9.79. The summed E-state index contributed by atoms with van der Waals surface area (Å²) in [5, 5.41) is 2.67. The fraction of sp³-hybridized carbons (Fsp3) is 0.125. The number of hydrogen-bond acceptors (Lipinski definition) is 6. The molecule has 0 atom stereocenters. The minimum Gasteiger partial charge on any atom is -0.496 e. The number of methoxy groups -OCH3 is 1. The Labute approximate surface area is 189 Å². The maximum atomic E-state index is 13.5. The van der Waals surface area contributed by atoms with Crippen LogP contribution in [0.4, 0.5) is 11.4 Å². The van der Waals surface area contributed by atoms with Gasteiger partial charge >= 0.3 is 0 Å². The molecule has 0 bridgehead atoms. The van der Waals surface area contributed by atoms with Crippen LogP contribution in [-0.4, -0.2) is 24.8 Å². The minimum atomic E-state index is -0.436. The molecule has 1 N–H and O–H groups in total. The van der Waals surface area contributed by atoms with Gasteiger partial charge in [0.1, 0.15) is 11.5 Å². The van der Waals surface area contributed by atoms with Gasteiger partial charge in [-0.05, 0) is 42.5 Å². The molecule has 0 fully saturated rings. The molecule has 162 valence electrons. The molecule has 2 heterocycles. The maximum Gasteiger partial charge on any atom is 0.272 e. The number of para-hydroxylation sites is 1. The van der Waals surface area contributed by atoms with Gasteiger partial charge in [0.05, 0.1) is 35.3 Å². The molecule has 1 aromatic heterocycles. The molecule has 8 heteroatoms. The van der Waals surface area contributed by atoms with Crippen molar-refractivity contribution in [2.24, 2.45) is 0 Å². The van der Waals surface area contributed by atoms with E-state index in [0.717, 1.165) is 4.90 Å². The van der Waals surface area contributed by atoms with Crippen molar-refractivity contribution < 1.29 is 23.5 Å². The third kappa shape index (κ3) is 4.17. The van der Waals surface area contributed by atoms with Crippen molar-refractivity contribution in [3.05, 3.63) is 83.2 Å². The molecule has 0 saturated heterocycles. The van der Waals surface area contributed by atoms with Crippen molar-refractivity contribution in [1.82, 2.24) is 0 Å². The number of carbonyl (C=O) groups excluding carboxylic acids is 3. The van der Waals surface area contributed by atoms with Crippen LogP contribution in [0, 0.1) is 0 Å². The summed E-state index contributed by atoms with van der Waals surface area (Å²) in [6, 6.07) is 17.2. The Morgan fingerprint density at radius 3 is 2.44 bits per heavy atom. The zero-order chi connectivity index (χ0) is 22.7. The molecule has 3 amide bonds. The topological polar surface area (TPSA) is 88.8 Å². The Bertz CT molecular complexity index is 1200. The van der Waals surface area contributed by atoms with Crippen molar-refractivity contribution >= 4 is 46.4 Å². The number of benzene rings is 2. The van der Waals surface area contributed by atoms with Gasteiger partial charge in [-0.1, -0.05) is 18.2 Å². The van der Waals surface area contributed by atoms with E-state index in [4.69, 9.17) is 9.15 Å². The quantitative estimate of drug-likeness (QED) is 0.537. The molecule has 0 aliphatic carbocycles. The molecule has 1 aliphatic heterocycles. The lowest BCUT2D eigenvalue weighted by Crippen LogP contribution is -2.31. The van der Waals surface area contributed by atoms with E-state index in [1.807, 2.05) is 6.07 Å². The zero-order valence-corrected chi connectivity index (χ0v) is 18.3. The highest BCUT2D eigenvalue weighted by Crippen LogP contribution is 2.42. The second-order valence-corrected chi connectivity index (χ2v) is 7.93. The highest BCUT2D eigenvalue weighted by molar-refractivity contribution is 8.03. The summed E-state index contributed by atoms with van der Waals surface area (Å²) >= 11 is 1.25. The van der Waals surface area contributed by atoms with Crippen LogP contribution in [0.25, 0.3) is 5.57 Å². The molecule has 32 heavy (non-hydrogen) atoms. The number of anilines is 2. The highest BCUT2D eigenvalue weighted by Gasteiger charge is 2.41. The van der Waals surface area contributed by atoms with E-state index in [-0.39, 0.29) is 11.5 Å². The van der Waals surface area contributed by atoms with E-state index < -0.39 is 11.8 Å². The third-order valence-electron chi connectivity index (χ3n) is 4.80. The van der Waals surface area contributed by atoms with Crippen LogP contribution in [0.15, 0.2) is 76.2 Å². The number of ether oxygens (including phenoxy) is 1. The number of thioether (sulfide) groups is 1. The first kappa shape index (κ1) is 21.5. The summed E-state index contributed by atoms with van der Waals surface area (Å²) in [7, 11) is 1.52. The second-order valence-electron chi connectivity index (χ2n) is 6.95. The Morgan fingerprint density at radius 2 is 1.78 bits per heavy atom. The summed E-state index contributed by atoms with van der Waals surface area (Å²) in [5.74, 6) is 0.536. The van der Waals surface area contributed by atoms with E-state index in [9.17, 15) is 14.4 Å². The van der Waals surface area contributed by atoms with E-state index in [1.165, 1.54) is 25.8 Å². The fourth-order valence-corrected chi connectivity index (χ4v) is 4.41. The van der Waals surface area contributed by atoms with Crippen molar-refractivity contribution in [1.29, 1.82) is 0 Å². The average Bonchev–Trinajstić information content (AvgIpc) is 3.38. The maximum absolute atomic E-state index is 13.5. The minimum absolute atomic E-state index is 0.206. The molecule has 0 radical (unpaired) electrons. The Balaban J connectivity index is 1.73. The van der Waals surface area contributed by atoms with Gasteiger partial charge in [-0.15, -0.1) is 11.8 Å². The number of nitrogens with zero attached hydrogens (tertiary/aromatic N) is 1. The van der Waals surface area contributed by atoms with Gasteiger partial charge < -0.3 is 14.5 Å². The summed E-state index contributed by atoms with van der Waals surface area (Å²) < 4.78 is 10.8. The summed E-state index contributed by atoms with van der Waals surface area (Å²) in [5.41, 5.74) is 1.82. The van der Waals surface area contributed by atoms with Crippen molar-refractivity contribution in [3.8, 4) is 5.75 Å². The van der Waals surface area contributed by atoms with Crippen LogP contribution in [0.2, 0.25) is 0 Å². The highest BCUT2D eigenvalue weighted by atomic mass is 32.2. The number of amides is 3. The van der Waals surface area contributed by atoms with Gasteiger partial charge in [0, 0.05) is 18.2 Å². The smallest absolute Gasteiger partial charge is 0.272 e. The third-order valence-corrected chi connectivity index (χ3v) is 5.90. The Kier molecular flexibility index (Phi) is 6.13. The number of furan rings is 1. The molecule has 3 aromatic rings. The second kappa shape index (κ2) is 9.15. The van der Waals surface area contributed by atoms with Gasteiger partial charge in [0.15, 0.2) is 0 Å². The SMILES string of the molecule is COc1ccccc1C1=C(SCc2ccco2)C(=O)N(c2ccc(NC(C)=O)cc2)C1=O. The molecule has 2 aromatic carbocycles. The van der Waals surface area contributed by atoms with Gasteiger partial charge in [-0.2, -0.15) is 0 Å². The van der Waals surface area contributed by atoms with E-state index in [1.54, 1.807) is 60.9 Å².